The molecule has 0 aromatic carbocycles. The molecule has 0 saturated carbocycles. The molecule has 2 aromatic rings. The van der Waals surface area contributed by atoms with Gasteiger partial charge >= 0.3 is 7.12 Å². The van der Waals surface area contributed by atoms with Crippen molar-refractivity contribution in [3.63, 3.8) is 0 Å². The topological polar surface area (TPSA) is 53.4 Å². The van der Waals surface area contributed by atoms with Gasteiger partial charge in [0.05, 0.1) is 16.8 Å². The summed E-state index contributed by atoms with van der Waals surface area (Å²) in [6, 6.07) is 3.75. The zero-order valence-corrected chi connectivity index (χ0v) is 13.0. The predicted octanol–water partition coefficient (Wildman–Crippen LogP) is 1.68. The standard InChI is InChI=1S/C15H19BN2O3/c1-14(2)15(3,4)21-16(20-14)12-7-6-11-10(9-19)8-18(5)13(11)17-12/h6-9H,1-5H3. The van der Waals surface area contributed by atoms with E-state index in [1.54, 1.807) is 6.20 Å². The number of nitrogens with zero attached hydrogens (tertiary/aromatic N) is 2. The van der Waals surface area contributed by atoms with Crippen LogP contribution in [0.1, 0.15) is 38.1 Å². The first-order chi connectivity index (χ1) is 9.75. The number of hydrogen-bond donors (Lipinski definition) is 0. The second kappa shape index (κ2) is 4.42. The van der Waals surface area contributed by atoms with Gasteiger partial charge in [0.15, 0.2) is 6.29 Å². The molecule has 0 spiro atoms. The zero-order valence-electron chi connectivity index (χ0n) is 13.0. The molecule has 0 atom stereocenters. The van der Waals surface area contributed by atoms with E-state index in [0.717, 1.165) is 22.9 Å². The van der Waals surface area contributed by atoms with Crippen LogP contribution in [0.15, 0.2) is 18.3 Å². The number of fused-ring (bicyclic) bond motifs is 1. The number of aromatic nitrogens is 2. The highest BCUT2D eigenvalue weighted by molar-refractivity contribution is 6.61. The van der Waals surface area contributed by atoms with Crippen LogP contribution in [0.2, 0.25) is 0 Å². The summed E-state index contributed by atoms with van der Waals surface area (Å²) >= 11 is 0. The van der Waals surface area contributed by atoms with E-state index in [1.807, 2.05) is 51.4 Å². The van der Waals surface area contributed by atoms with Crippen LogP contribution >= 0.6 is 0 Å². The Morgan fingerprint density at radius 3 is 2.38 bits per heavy atom. The molecule has 1 aliphatic heterocycles. The summed E-state index contributed by atoms with van der Waals surface area (Å²) in [4.78, 5) is 15.7. The maximum Gasteiger partial charge on any atom is 0.514 e. The first kappa shape index (κ1) is 14.3. The summed E-state index contributed by atoms with van der Waals surface area (Å²) in [5, 5.41) is 0.841. The average molecular weight is 286 g/mol. The van der Waals surface area contributed by atoms with E-state index in [9.17, 15) is 4.79 Å². The molecule has 2 aromatic heterocycles. The van der Waals surface area contributed by atoms with Gasteiger partial charge in [-0.25, -0.2) is 4.98 Å². The first-order valence-electron chi connectivity index (χ1n) is 7.02. The molecule has 110 valence electrons. The first-order valence-corrected chi connectivity index (χ1v) is 7.02. The van der Waals surface area contributed by atoms with E-state index in [2.05, 4.69) is 4.98 Å². The van der Waals surface area contributed by atoms with E-state index < -0.39 is 18.3 Å². The van der Waals surface area contributed by atoms with Crippen LogP contribution in [0, 0.1) is 0 Å². The van der Waals surface area contributed by atoms with Gasteiger partial charge in [-0.1, -0.05) is 0 Å². The fourth-order valence-electron chi connectivity index (χ4n) is 2.49. The second-order valence-electron chi connectivity index (χ2n) is 6.51. The average Bonchev–Trinajstić information content (AvgIpc) is 2.84. The lowest BCUT2D eigenvalue weighted by Gasteiger charge is -2.32. The van der Waals surface area contributed by atoms with E-state index >= 15 is 0 Å². The number of carbonyl (C=O) groups excluding carboxylic acids is 1. The number of pyridine rings is 1. The molecule has 1 saturated heterocycles. The number of carbonyl (C=O) groups is 1. The van der Waals surface area contributed by atoms with Crippen LogP contribution in [0.4, 0.5) is 0 Å². The number of hydrogen-bond acceptors (Lipinski definition) is 4. The Balaban J connectivity index is 2.03. The molecular weight excluding hydrogens is 267 g/mol. The number of aldehydes is 1. The molecule has 6 heteroatoms. The molecule has 5 nitrogen and oxygen atoms in total. The summed E-state index contributed by atoms with van der Waals surface area (Å²) in [5.41, 5.74) is 1.33. The highest BCUT2D eigenvalue weighted by Gasteiger charge is 2.52. The minimum absolute atomic E-state index is 0.392. The Morgan fingerprint density at radius 2 is 1.81 bits per heavy atom. The Morgan fingerprint density at radius 1 is 1.19 bits per heavy atom. The maximum atomic E-state index is 11.1. The molecule has 1 aliphatic rings. The molecule has 21 heavy (non-hydrogen) atoms. The SMILES string of the molecule is Cn1cc(C=O)c2ccc(B3OC(C)(C)C(C)(C)O3)nc21. The maximum absolute atomic E-state index is 11.1. The smallest absolute Gasteiger partial charge is 0.398 e. The minimum Gasteiger partial charge on any atom is -0.398 e. The van der Waals surface area contributed by atoms with Crippen molar-refractivity contribution in [2.45, 2.75) is 38.9 Å². The molecule has 0 amide bonds. The van der Waals surface area contributed by atoms with Crippen LogP contribution in [0.5, 0.6) is 0 Å². The lowest BCUT2D eigenvalue weighted by Crippen LogP contribution is -2.41. The number of rotatable bonds is 2. The summed E-state index contributed by atoms with van der Waals surface area (Å²) < 4.78 is 13.9. The van der Waals surface area contributed by atoms with Gasteiger partial charge in [-0.3, -0.25) is 4.79 Å². The quantitative estimate of drug-likeness (QED) is 0.622. The van der Waals surface area contributed by atoms with Crippen LogP contribution in [0.25, 0.3) is 11.0 Å². The minimum atomic E-state index is -0.492. The molecular formula is C15H19BN2O3. The van der Waals surface area contributed by atoms with Crippen molar-refractivity contribution in [2.24, 2.45) is 7.05 Å². The van der Waals surface area contributed by atoms with Gasteiger partial charge in [0, 0.05) is 24.2 Å². The highest BCUT2D eigenvalue weighted by atomic mass is 16.7. The molecule has 0 aliphatic carbocycles. The van der Waals surface area contributed by atoms with Gasteiger partial charge < -0.3 is 13.9 Å². The van der Waals surface area contributed by atoms with Crippen LogP contribution in [0.3, 0.4) is 0 Å². The summed E-state index contributed by atoms with van der Waals surface area (Å²) in [5.74, 6) is 0. The largest absolute Gasteiger partial charge is 0.514 e. The van der Waals surface area contributed by atoms with Gasteiger partial charge in [-0.05, 0) is 39.8 Å². The Labute approximate surface area is 124 Å². The van der Waals surface area contributed by atoms with Crippen molar-refractivity contribution < 1.29 is 14.1 Å². The molecule has 0 unspecified atom stereocenters. The predicted molar refractivity (Wildman–Crippen MR) is 81.8 cm³/mol. The van der Waals surface area contributed by atoms with Crippen LogP contribution in [-0.4, -0.2) is 34.2 Å². The third-order valence-electron chi connectivity index (χ3n) is 4.50. The van der Waals surface area contributed by atoms with Crippen molar-refractivity contribution in [1.82, 2.24) is 9.55 Å². The fourth-order valence-corrected chi connectivity index (χ4v) is 2.49. The zero-order chi connectivity index (χ0) is 15.4. The van der Waals surface area contributed by atoms with Crippen molar-refractivity contribution in [1.29, 1.82) is 0 Å². The van der Waals surface area contributed by atoms with Crippen molar-refractivity contribution in [3.05, 3.63) is 23.9 Å². The summed E-state index contributed by atoms with van der Waals surface area (Å²) in [6.07, 6.45) is 2.62. The van der Waals surface area contributed by atoms with E-state index in [-0.39, 0.29) is 0 Å². The van der Waals surface area contributed by atoms with Gasteiger partial charge in [-0.15, -0.1) is 0 Å². The summed E-state index contributed by atoms with van der Waals surface area (Å²) in [6.45, 7) is 8.05. The third-order valence-corrected chi connectivity index (χ3v) is 4.50. The lowest BCUT2D eigenvalue weighted by atomic mass is 9.84. The van der Waals surface area contributed by atoms with E-state index in [4.69, 9.17) is 9.31 Å². The van der Waals surface area contributed by atoms with E-state index in [0.29, 0.717) is 5.56 Å². The third kappa shape index (κ3) is 2.10. The molecule has 0 bridgehead atoms. The Bertz CT molecular complexity index is 705. The molecule has 1 fully saturated rings. The molecule has 3 heterocycles. The molecule has 0 radical (unpaired) electrons. The second-order valence-corrected chi connectivity index (χ2v) is 6.51. The van der Waals surface area contributed by atoms with Crippen LogP contribution in [-0.2, 0) is 16.4 Å². The van der Waals surface area contributed by atoms with Gasteiger partial charge in [-0.2, -0.15) is 0 Å². The Hall–Kier alpha value is -1.66. The summed E-state index contributed by atoms with van der Waals surface area (Å²) in [7, 11) is 1.38. The van der Waals surface area contributed by atoms with E-state index in [1.165, 1.54) is 0 Å². The van der Waals surface area contributed by atoms with Gasteiger partial charge in [0.1, 0.15) is 5.65 Å². The van der Waals surface area contributed by atoms with Gasteiger partial charge in [0.2, 0.25) is 0 Å². The molecule has 0 N–H and O–H groups in total. The monoisotopic (exact) mass is 286 g/mol. The highest BCUT2D eigenvalue weighted by Crippen LogP contribution is 2.36. The van der Waals surface area contributed by atoms with Crippen molar-refractivity contribution >= 4 is 30.0 Å². The van der Waals surface area contributed by atoms with Crippen LogP contribution < -0.4 is 5.59 Å². The Kier molecular flexibility index (Phi) is 3.01. The van der Waals surface area contributed by atoms with Crippen molar-refractivity contribution in [3.8, 4) is 0 Å². The normalized spacial score (nSPS) is 20.1. The molecule has 3 rings (SSSR count). The van der Waals surface area contributed by atoms with Gasteiger partial charge in [0.25, 0.3) is 0 Å². The number of aryl methyl sites for hydroxylation is 1. The fraction of sp³-hybridized carbons (Fsp3) is 0.467. The lowest BCUT2D eigenvalue weighted by molar-refractivity contribution is 0.00578. The van der Waals surface area contributed by atoms with Crippen molar-refractivity contribution in [2.75, 3.05) is 0 Å².